The van der Waals surface area contributed by atoms with Gasteiger partial charge in [0, 0.05) is 19.2 Å². The van der Waals surface area contributed by atoms with Crippen LogP contribution in [0, 0.1) is 5.92 Å². The van der Waals surface area contributed by atoms with Gasteiger partial charge in [0.2, 0.25) is 0 Å². The van der Waals surface area contributed by atoms with Gasteiger partial charge in [-0.25, -0.2) is 0 Å². The van der Waals surface area contributed by atoms with Crippen LogP contribution in [0.1, 0.15) is 38.5 Å². The minimum Gasteiger partial charge on any atom is -0.461 e. The number of cyclic esters (lactones) is 1. The molecule has 0 bridgehead atoms. The summed E-state index contributed by atoms with van der Waals surface area (Å²) >= 11 is 0. The molecule has 3 atom stereocenters. The Morgan fingerprint density at radius 2 is 2.20 bits per heavy atom. The van der Waals surface area contributed by atoms with Crippen LogP contribution < -0.4 is 0 Å². The highest BCUT2D eigenvalue weighted by atomic mass is 16.5. The Morgan fingerprint density at radius 1 is 1.30 bits per heavy atom. The van der Waals surface area contributed by atoms with Crippen LogP contribution in [0.25, 0.3) is 0 Å². The number of ether oxygens (including phenoxy) is 2. The van der Waals surface area contributed by atoms with E-state index in [1.807, 2.05) is 7.11 Å². The molecule has 1 unspecified atom stereocenters. The van der Waals surface area contributed by atoms with Gasteiger partial charge in [-0.15, -0.1) is 0 Å². The fraction of sp³-hybridized carbons (Fsp3) is 0.812. The summed E-state index contributed by atoms with van der Waals surface area (Å²) < 4.78 is 11.0. The second-order valence-electron chi connectivity index (χ2n) is 6.71. The monoisotopic (exact) mass is 277 g/mol. The Hall–Kier alpha value is -0.870. The third kappa shape index (κ3) is 1.64. The predicted octanol–water partition coefficient (Wildman–Crippen LogP) is 1.89. The maximum absolute atomic E-state index is 11.8. The molecule has 4 rings (SSSR count). The second-order valence-corrected chi connectivity index (χ2v) is 6.71. The maximum atomic E-state index is 11.8. The quantitative estimate of drug-likeness (QED) is 0.542. The van der Waals surface area contributed by atoms with Crippen molar-refractivity contribution in [1.29, 1.82) is 0 Å². The van der Waals surface area contributed by atoms with E-state index in [9.17, 15) is 4.79 Å². The van der Waals surface area contributed by atoms with Crippen molar-refractivity contribution in [3.8, 4) is 0 Å². The van der Waals surface area contributed by atoms with Crippen LogP contribution in [-0.4, -0.2) is 49.3 Å². The first-order valence-corrected chi connectivity index (χ1v) is 7.89. The lowest BCUT2D eigenvalue weighted by Gasteiger charge is -2.53. The summed E-state index contributed by atoms with van der Waals surface area (Å²) in [5, 5.41) is 0. The summed E-state index contributed by atoms with van der Waals surface area (Å²) in [6, 6.07) is 0. The summed E-state index contributed by atoms with van der Waals surface area (Å²) in [5.41, 5.74) is 2.93. The van der Waals surface area contributed by atoms with Gasteiger partial charge in [0.15, 0.2) is 0 Å². The van der Waals surface area contributed by atoms with Crippen LogP contribution in [0.15, 0.2) is 11.1 Å². The van der Waals surface area contributed by atoms with Crippen LogP contribution in [-0.2, 0) is 14.3 Å². The van der Waals surface area contributed by atoms with E-state index in [2.05, 4.69) is 4.90 Å². The molecule has 4 aliphatic rings. The average molecular weight is 277 g/mol. The molecule has 1 saturated carbocycles. The zero-order chi connectivity index (χ0) is 13.7. The van der Waals surface area contributed by atoms with Gasteiger partial charge in [-0.3, -0.25) is 9.69 Å². The summed E-state index contributed by atoms with van der Waals surface area (Å²) in [5.74, 6) is 0.676. The van der Waals surface area contributed by atoms with Crippen molar-refractivity contribution >= 4 is 5.97 Å². The van der Waals surface area contributed by atoms with E-state index < -0.39 is 0 Å². The highest BCUT2D eigenvalue weighted by Gasteiger charge is 2.56. The Kier molecular flexibility index (Phi) is 2.93. The topological polar surface area (TPSA) is 38.8 Å². The fourth-order valence-corrected chi connectivity index (χ4v) is 5.12. The summed E-state index contributed by atoms with van der Waals surface area (Å²) in [4.78, 5) is 14.5. The number of hydrogen-bond donors (Lipinski definition) is 0. The van der Waals surface area contributed by atoms with Crippen molar-refractivity contribution in [2.45, 2.75) is 50.2 Å². The van der Waals surface area contributed by atoms with Crippen LogP contribution in [0.4, 0.5) is 0 Å². The van der Waals surface area contributed by atoms with Crippen LogP contribution >= 0.6 is 0 Å². The molecular weight excluding hydrogens is 254 g/mol. The molecule has 0 aromatic rings. The van der Waals surface area contributed by atoms with Gasteiger partial charge >= 0.3 is 5.97 Å². The van der Waals surface area contributed by atoms with Gasteiger partial charge in [0.05, 0.1) is 12.5 Å². The van der Waals surface area contributed by atoms with E-state index in [1.165, 1.54) is 37.0 Å². The van der Waals surface area contributed by atoms with Gasteiger partial charge in [-0.05, 0) is 55.7 Å². The molecule has 4 heteroatoms. The summed E-state index contributed by atoms with van der Waals surface area (Å²) in [7, 11) is 1.83. The Bertz CT molecular complexity index is 472. The van der Waals surface area contributed by atoms with Crippen molar-refractivity contribution < 1.29 is 14.3 Å². The predicted molar refractivity (Wildman–Crippen MR) is 74.3 cm³/mol. The normalized spacial score (nSPS) is 41.0. The van der Waals surface area contributed by atoms with Crippen molar-refractivity contribution in [1.82, 2.24) is 4.90 Å². The number of carbonyl (C=O) groups is 1. The number of rotatable bonds is 1. The molecule has 1 saturated heterocycles. The van der Waals surface area contributed by atoms with Crippen molar-refractivity contribution in [2.24, 2.45) is 5.92 Å². The molecule has 0 radical (unpaired) electrons. The molecule has 3 heterocycles. The minimum absolute atomic E-state index is 0.0369. The Labute approximate surface area is 120 Å². The molecule has 0 amide bonds. The first kappa shape index (κ1) is 12.8. The molecule has 4 nitrogen and oxygen atoms in total. The summed E-state index contributed by atoms with van der Waals surface area (Å²) in [6.45, 7) is 2.85. The molecule has 2 fully saturated rings. The number of esters is 1. The smallest absolute Gasteiger partial charge is 0.310 e. The van der Waals surface area contributed by atoms with E-state index in [-0.39, 0.29) is 11.5 Å². The van der Waals surface area contributed by atoms with E-state index in [0.717, 1.165) is 19.4 Å². The van der Waals surface area contributed by atoms with Crippen molar-refractivity contribution in [3.63, 3.8) is 0 Å². The molecule has 20 heavy (non-hydrogen) atoms. The highest BCUT2D eigenvalue weighted by Crippen LogP contribution is 2.54. The van der Waals surface area contributed by atoms with Gasteiger partial charge < -0.3 is 9.47 Å². The van der Waals surface area contributed by atoms with E-state index in [0.29, 0.717) is 25.0 Å². The third-order valence-corrected chi connectivity index (χ3v) is 6.06. The van der Waals surface area contributed by atoms with Crippen LogP contribution in [0.2, 0.25) is 0 Å². The summed E-state index contributed by atoms with van der Waals surface area (Å²) in [6.07, 6.45) is 6.69. The lowest BCUT2D eigenvalue weighted by Crippen LogP contribution is -2.57. The molecule has 3 aliphatic heterocycles. The van der Waals surface area contributed by atoms with Crippen LogP contribution in [0.5, 0.6) is 0 Å². The molecule has 1 spiro atoms. The van der Waals surface area contributed by atoms with E-state index in [1.54, 1.807) is 0 Å². The van der Waals surface area contributed by atoms with E-state index >= 15 is 0 Å². The van der Waals surface area contributed by atoms with Crippen molar-refractivity contribution in [2.75, 3.05) is 26.8 Å². The highest BCUT2D eigenvalue weighted by molar-refractivity contribution is 5.75. The van der Waals surface area contributed by atoms with Gasteiger partial charge in [0.25, 0.3) is 0 Å². The molecule has 0 N–H and O–H groups in total. The lowest BCUT2D eigenvalue weighted by molar-refractivity contribution is -0.144. The largest absolute Gasteiger partial charge is 0.461 e. The van der Waals surface area contributed by atoms with Gasteiger partial charge in [-0.2, -0.15) is 0 Å². The molecule has 110 valence electrons. The average Bonchev–Trinajstić information content (AvgIpc) is 2.86. The van der Waals surface area contributed by atoms with E-state index in [4.69, 9.17) is 9.47 Å². The third-order valence-electron chi connectivity index (χ3n) is 6.06. The number of hydrogen-bond acceptors (Lipinski definition) is 4. The lowest BCUT2D eigenvalue weighted by atomic mass is 9.64. The second kappa shape index (κ2) is 4.57. The van der Waals surface area contributed by atoms with Gasteiger partial charge in [0.1, 0.15) is 6.61 Å². The number of carbonyl (C=O) groups excluding carboxylic acids is 1. The number of methoxy groups -OCH3 is 1. The number of nitrogens with zero attached hydrogens (tertiary/aromatic N) is 1. The standard InChI is InChI=1S/C16H23NO3/c1-19-13-3-2-12-5-7-17-6-4-11-10-20-15(18)8-14(11)16(12,17)9-13/h12-13H,2-10H2,1H3/t12?,13-,16-/m0/s1. The molecular formula is C16H23NO3. The zero-order valence-electron chi connectivity index (χ0n) is 12.2. The van der Waals surface area contributed by atoms with Crippen molar-refractivity contribution in [3.05, 3.63) is 11.1 Å². The zero-order valence-corrected chi connectivity index (χ0v) is 12.2. The van der Waals surface area contributed by atoms with Gasteiger partial charge in [-0.1, -0.05) is 0 Å². The Balaban J connectivity index is 1.79. The van der Waals surface area contributed by atoms with Crippen LogP contribution in [0.3, 0.4) is 0 Å². The molecule has 0 aromatic heterocycles. The minimum atomic E-state index is -0.0369. The molecule has 1 aliphatic carbocycles. The fourth-order valence-electron chi connectivity index (χ4n) is 5.12. The Morgan fingerprint density at radius 3 is 3.05 bits per heavy atom. The first-order valence-electron chi connectivity index (χ1n) is 7.89. The SMILES string of the molecule is CO[C@H]1CCC2CCN3CCC4=C(CC(=O)OC4)[C@]23C1. The molecule has 0 aromatic carbocycles. The first-order chi connectivity index (χ1) is 9.74. The maximum Gasteiger partial charge on any atom is 0.310 e.